The lowest BCUT2D eigenvalue weighted by Gasteiger charge is -2.17. The van der Waals surface area contributed by atoms with E-state index in [1.165, 1.54) is 5.56 Å². The predicted molar refractivity (Wildman–Crippen MR) is 91.6 cm³/mol. The van der Waals surface area contributed by atoms with Crippen LogP contribution >= 0.6 is 0 Å². The van der Waals surface area contributed by atoms with Gasteiger partial charge in [0, 0.05) is 44.0 Å². The number of rotatable bonds is 6. The third-order valence-electron chi connectivity index (χ3n) is 4.37. The number of benzene rings is 1. The molecule has 2 heterocycles. The molecule has 1 fully saturated rings. The van der Waals surface area contributed by atoms with Crippen molar-refractivity contribution in [3.63, 3.8) is 0 Å². The number of aryl methyl sites for hydroxylation is 1. The van der Waals surface area contributed by atoms with Gasteiger partial charge in [-0.15, -0.1) is 0 Å². The van der Waals surface area contributed by atoms with Gasteiger partial charge < -0.3 is 15.2 Å². The van der Waals surface area contributed by atoms with Crippen LogP contribution in [0.15, 0.2) is 36.7 Å². The Labute approximate surface area is 141 Å². The van der Waals surface area contributed by atoms with Gasteiger partial charge in [-0.1, -0.05) is 19.1 Å². The van der Waals surface area contributed by atoms with E-state index in [0.717, 1.165) is 17.9 Å². The minimum absolute atomic E-state index is 0.00503. The lowest BCUT2D eigenvalue weighted by Crippen LogP contribution is -2.34. The Balaban J connectivity index is 1.54. The number of hydrogen-bond donors (Lipinski definition) is 2. The zero-order valence-corrected chi connectivity index (χ0v) is 13.8. The first-order chi connectivity index (χ1) is 11.7. The summed E-state index contributed by atoms with van der Waals surface area (Å²) >= 11 is 0. The SMILES string of the molecule is CCc1ccc(N2CC(C(=O)NCCc3ncc[nH]3)CC2=O)cc1. The first kappa shape index (κ1) is 16.2. The van der Waals surface area contributed by atoms with Gasteiger partial charge in [0.1, 0.15) is 5.82 Å². The molecule has 2 aromatic rings. The summed E-state index contributed by atoms with van der Waals surface area (Å²) in [5.74, 6) is 0.489. The van der Waals surface area contributed by atoms with Crippen LogP contribution in [-0.4, -0.2) is 34.9 Å². The second-order valence-corrected chi connectivity index (χ2v) is 6.00. The van der Waals surface area contributed by atoms with Crippen LogP contribution in [0.3, 0.4) is 0 Å². The number of carbonyl (C=O) groups is 2. The Morgan fingerprint density at radius 1 is 1.38 bits per heavy atom. The Bertz CT molecular complexity index is 694. The fraction of sp³-hybridized carbons (Fsp3) is 0.389. The van der Waals surface area contributed by atoms with Crippen LogP contribution in [-0.2, 0) is 22.4 Å². The Hall–Kier alpha value is -2.63. The van der Waals surface area contributed by atoms with Crippen molar-refractivity contribution < 1.29 is 9.59 Å². The average Bonchev–Trinajstić information content (AvgIpc) is 3.24. The first-order valence-electron chi connectivity index (χ1n) is 8.32. The second-order valence-electron chi connectivity index (χ2n) is 6.00. The van der Waals surface area contributed by atoms with Gasteiger partial charge in [0.15, 0.2) is 0 Å². The maximum atomic E-state index is 12.3. The molecule has 0 radical (unpaired) electrons. The lowest BCUT2D eigenvalue weighted by atomic mass is 10.1. The van der Waals surface area contributed by atoms with Gasteiger partial charge in [-0.05, 0) is 24.1 Å². The minimum atomic E-state index is -0.292. The molecule has 2 N–H and O–H groups in total. The summed E-state index contributed by atoms with van der Waals surface area (Å²) in [7, 11) is 0. The average molecular weight is 326 g/mol. The molecule has 0 bridgehead atoms. The van der Waals surface area contributed by atoms with Gasteiger partial charge in [0.25, 0.3) is 0 Å². The van der Waals surface area contributed by atoms with Crippen LogP contribution in [0.5, 0.6) is 0 Å². The van der Waals surface area contributed by atoms with E-state index in [1.807, 2.05) is 24.3 Å². The fourth-order valence-electron chi connectivity index (χ4n) is 2.93. The molecular formula is C18H22N4O2. The van der Waals surface area contributed by atoms with Crippen molar-refractivity contribution in [2.24, 2.45) is 5.92 Å². The molecular weight excluding hydrogens is 304 g/mol. The van der Waals surface area contributed by atoms with E-state index in [2.05, 4.69) is 22.2 Å². The number of anilines is 1. The highest BCUT2D eigenvalue weighted by atomic mass is 16.2. The number of H-pyrrole nitrogens is 1. The Morgan fingerprint density at radius 2 is 2.17 bits per heavy atom. The third-order valence-corrected chi connectivity index (χ3v) is 4.37. The first-order valence-corrected chi connectivity index (χ1v) is 8.32. The zero-order chi connectivity index (χ0) is 16.9. The topological polar surface area (TPSA) is 78.1 Å². The number of aromatic nitrogens is 2. The van der Waals surface area contributed by atoms with Crippen LogP contribution < -0.4 is 10.2 Å². The molecule has 1 aromatic carbocycles. The monoisotopic (exact) mass is 326 g/mol. The summed E-state index contributed by atoms with van der Waals surface area (Å²) in [4.78, 5) is 33.3. The molecule has 6 heteroatoms. The number of aromatic amines is 1. The van der Waals surface area contributed by atoms with Crippen LogP contribution in [0.2, 0.25) is 0 Å². The fourth-order valence-corrected chi connectivity index (χ4v) is 2.93. The molecule has 0 spiro atoms. The van der Waals surface area contributed by atoms with Crippen LogP contribution in [0.25, 0.3) is 0 Å². The lowest BCUT2D eigenvalue weighted by molar-refractivity contribution is -0.126. The van der Waals surface area contributed by atoms with Crippen LogP contribution in [0.1, 0.15) is 24.7 Å². The van der Waals surface area contributed by atoms with E-state index in [9.17, 15) is 9.59 Å². The number of amides is 2. The van der Waals surface area contributed by atoms with E-state index in [4.69, 9.17) is 0 Å². The van der Waals surface area contributed by atoms with Gasteiger partial charge in [-0.3, -0.25) is 9.59 Å². The molecule has 1 atom stereocenters. The molecule has 2 amide bonds. The number of hydrogen-bond acceptors (Lipinski definition) is 3. The summed E-state index contributed by atoms with van der Waals surface area (Å²) < 4.78 is 0. The summed E-state index contributed by atoms with van der Waals surface area (Å²) in [5.41, 5.74) is 2.10. The quantitative estimate of drug-likeness (QED) is 0.848. The van der Waals surface area contributed by atoms with Crippen molar-refractivity contribution in [2.45, 2.75) is 26.2 Å². The van der Waals surface area contributed by atoms with E-state index in [1.54, 1.807) is 17.3 Å². The molecule has 24 heavy (non-hydrogen) atoms. The number of carbonyl (C=O) groups excluding carboxylic acids is 2. The van der Waals surface area contributed by atoms with E-state index in [-0.39, 0.29) is 24.2 Å². The molecule has 1 saturated heterocycles. The molecule has 1 aliphatic heterocycles. The molecule has 0 saturated carbocycles. The molecule has 1 aliphatic rings. The van der Waals surface area contributed by atoms with Crippen molar-refractivity contribution in [3.8, 4) is 0 Å². The zero-order valence-electron chi connectivity index (χ0n) is 13.8. The van der Waals surface area contributed by atoms with Crippen molar-refractivity contribution in [2.75, 3.05) is 18.0 Å². The van der Waals surface area contributed by atoms with E-state index >= 15 is 0 Å². The summed E-state index contributed by atoms with van der Waals surface area (Å²) in [6.07, 6.45) is 5.33. The highest BCUT2D eigenvalue weighted by Gasteiger charge is 2.34. The smallest absolute Gasteiger partial charge is 0.227 e. The van der Waals surface area contributed by atoms with Crippen molar-refractivity contribution in [1.29, 1.82) is 0 Å². The highest BCUT2D eigenvalue weighted by molar-refractivity contribution is 6.00. The largest absolute Gasteiger partial charge is 0.355 e. The molecule has 126 valence electrons. The maximum absolute atomic E-state index is 12.3. The second kappa shape index (κ2) is 7.29. The van der Waals surface area contributed by atoms with Crippen molar-refractivity contribution in [1.82, 2.24) is 15.3 Å². The minimum Gasteiger partial charge on any atom is -0.355 e. The van der Waals surface area contributed by atoms with Gasteiger partial charge in [-0.2, -0.15) is 0 Å². The molecule has 1 unspecified atom stereocenters. The molecule has 6 nitrogen and oxygen atoms in total. The molecule has 0 aliphatic carbocycles. The Morgan fingerprint density at radius 3 is 2.83 bits per heavy atom. The maximum Gasteiger partial charge on any atom is 0.227 e. The summed E-state index contributed by atoms with van der Waals surface area (Å²) in [5, 5.41) is 2.90. The summed E-state index contributed by atoms with van der Waals surface area (Å²) in [6, 6.07) is 7.96. The van der Waals surface area contributed by atoms with Gasteiger partial charge in [0.2, 0.25) is 11.8 Å². The Kier molecular flexibility index (Phi) is 4.93. The van der Waals surface area contributed by atoms with Crippen LogP contribution in [0.4, 0.5) is 5.69 Å². The molecule has 3 rings (SSSR count). The number of imidazole rings is 1. The van der Waals surface area contributed by atoms with Crippen molar-refractivity contribution >= 4 is 17.5 Å². The standard InChI is InChI=1S/C18H22N4O2/c1-2-13-3-5-15(6-4-13)22-12-14(11-17(22)23)18(24)21-8-7-16-19-9-10-20-16/h3-6,9-10,14H,2,7-8,11-12H2,1H3,(H,19,20)(H,21,24). The summed E-state index contributed by atoms with van der Waals surface area (Å²) in [6.45, 7) is 3.05. The van der Waals surface area contributed by atoms with Gasteiger partial charge in [0.05, 0.1) is 5.92 Å². The van der Waals surface area contributed by atoms with E-state index in [0.29, 0.717) is 19.5 Å². The number of nitrogens with zero attached hydrogens (tertiary/aromatic N) is 2. The number of nitrogens with one attached hydrogen (secondary N) is 2. The molecule has 1 aromatic heterocycles. The highest BCUT2D eigenvalue weighted by Crippen LogP contribution is 2.25. The van der Waals surface area contributed by atoms with Crippen molar-refractivity contribution in [3.05, 3.63) is 48.0 Å². The van der Waals surface area contributed by atoms with Gasteiger partial charge >= 0.3 is 0 Å². The normalized spacial score (nSPS) is 17.3. The van der Waals surface area contributed by atoms with E-state index < -0.39 is 0 Å². The third kappa shape index (κ3) is 3.64. The predicted octanol–water partition coefficient (Wildman–Crippen LogP) is 1.68. The van der Waals surface area contributed by atoms with Crippen LogP contribution in [0, 0.1) is 5.92 Å². The van der Waals surface area contributed by atoms with Gasteiger partial charge in [-0.25, -0.2) is 4.98 Å².